The summed E-state index contributed by atoms with van der Waals surface area (Å²) in [5.41, 5.74) is 7.40. The Bertz CT molecular complexity index is 1060. The number of nitrogens with zero attached hydrogens (tertiary/aromatic N) is 3. The third-order valence-electron chi connectivity index (χ3n) is 4.18. The second kappa shape index (κ2) is 8.47. The predicted octanol–water partition coefficient (Wildman–Crippen LogP) is 4.80. The minimum Gasteiger partial charge on any atom is -0.368 e. The van der Waals surface area contributed by atoms with Crippen LogP contribution in [-0.2, 0) is 6.18 Å². The molecule has 0 saturated heterocycles. The van der Waals surface area contributed by atoms with E-state index in [1.54, 1.807) is 24.3 Å². The van der Waals surface area contributed by atoms with Gasteiger partial charge in [0.05, 0.1) is 27.9 Å². The van der Waals surface area contributed by atoms with Crippen LogP contribution in [0.2, 0.25) is 5.02 Å². The number of nitrogens with two attached hydrogens (primary N) is 1. The van der Waals surface area contributed by atoms with Gasteiger partial charge in [0.2, 0.25) is 0 Å². The second-order valence-corrected chi connectivity index (χ2v) is 6.61. The van der Waals surface area contributed by atoms with E-state index in [0.29, 0.717) is 29.2 Å². The first-order valence-electron chi connectivity index (χ1n) is 8.46. The van der Waals surface area contributed by atoms with Crippen molar-refractivity contribution in [2.45, 2.75) is 12.2 Å². The van der Waals surface area contributed by atoms with Crippen LogP contribution >= 0.6 is 11.6 Å². The van der Waals surface area contributed by atoms with Crippen LogP contribution in [-0.4, -0.2) is 16.5 Å². The lowest BCUT2D eigenvalue weighted by Crippen LogP contribution is -2.21. The van der Waals surface area contributed by atoms with Gasteiger partial charge in [-0.15, -0.1) is 0 Å². The average Bonchev–Trinajstić information content (AvgIpc) is 2.71. The van der Waals surface area contributed by atoms with Crippen molar-refractivity contribution in [3.05, 3.63) is 76.6 Å². The van der Waals surface area contributed by atoms with E-state index in [0.717, 1.165) is 11.6 Å². The van der Waals surface area contributed by atoms with E-state index in [9.17, 15) is 13.2 Å². The maximum absolute atomic E-state index is 12.9. The molecule has 0 saturated carbocycles. The molecular weight excluding hydrogens is 403 g/mol. The predicted molar refractivity (Wildman–Crippen MR) is 104 cm³/mol. The van der Waals surface area contributed by atoms with E-state index >= 15 is 0 Å². The molecular formula is C20H15ClF3N5. The Morgan fingerprint density at radius 3 is 2.62 bits per heavy atom. The van der Waals surface area contributed by atoms with Crippen LogP contribution in [0.3, 0.4) is 0 Å². The number of halogens is 4. The van der Waals surface area contributed by atoms with Gasteiger partial charge >= 0.3 is 6.18 Å². The van der Waals surface area contributed by atoms with E-state index in [1.807, 2.05) is 6.07 Å². The Hall–Kier alpha value is -3.15. The second-order valence-electron chi connectivity index (χ2n) is 6.21. The van der Waals surface area contributed by atoms with Crippen LogP contribution in [0.15, 0.2) is 54.9 Å². The highest BCUT2D eigenvalue weighted by Gasteiger charge is 2.33. The van der Waals surface area contributed by atoms with Crippen molar-refractivity contribution in [2.24, 2.45) is 5.73 Å². The summed E-state index contributed by atoms with van der Waals surface area (Å²) in [4.78, 5) is 8.19. The molecule has 2 aromatic carbocycles. The van der Waals surface area contributed by atoms with Crippen molar-refractivity contribution < 1.29 is 13.2 Å². The van der Waals surface area contributed by atoms with E-state index in [-0.39, 0.29) is 6.04 Å². The molecule has 29 heavy (non-hydrogen) atoms. The Morgan fingerprint density at radius 2 is 1.93 bits per heavy atom. The zero-order valence-electron chi connectivity index (χ0n) is 14.9. The van der Waals surface area contributed by atoms with Crippen molar-refractivity contribution in [3.63, 3.8) is 0 Å². The fraction of sp³-hybridized carbons (Fsp3) is 0.150. The highest BCUT2D eigenvalue weighted by atomic mass is 35.5. The van der Waals surface area contributed by atoms with E-state index in [4.69, 9.17) is 22.6 Å². The number of alkyl halides is 3. The summed E-state index contributed by atoms with van der Waals surface area (Å²) in [6.07, 6.45) is -3.22. The molecule has 9 heteroatoms. The van der Waals surface area contributed by atoms with Gasteiger partial charge < -0.3 is 11.1 Å². The quantitative estimate of drug-likeness (QED) is 0.622. The summed E-state index contributed by atoms with van der Waals surface area (Å²) in [5, 5.41) is 11.6. The average molecular weight is 418 g/mol. The van der Waals surface area contributed by atoms with Gasteiger partial charge in [-0.1, -0.05) is 29.8 Å². The Kier molecular flexibility index (Phi) is 6.01. The molecule has 0 unspecified atom stereocenters. The lowest BCUT2D eigenvalue weighted by atomic mass is 10.1. The topological polar surface area (TPSA) is 87.6 Å². The molecule has 148 valence electrons. The van der Waals surface area contributed by atoms with Crippen molar-refractivity contribution >= 4 is 17.4 Å². The molecule has 0 radical (unpaired) electrons. The molecule has 5 nitrogen and oxygen atoms in total. The normalized spacial score (nSPS) is 12.3. The number of hydrogen-bond acceptors (Lipinski definition) is 5. The molecule has 0 aliphatic rings. The van der Waals surface area contributed by atoms with Crippen molar-refractivity contribution in [3.8, 4) is 17.3 Å². The van der Waals surface area contributed by atoms with E-state index in [2.05, 4.69) is 21.4 Å². The third kappa shape index (κ3) is 5.02. The summed E-state index contributed by atoms with van der Waals surface area (Å²) < 4.78 is 38.6. The smallest absolute Gasteiger partial charge is 0.368 e. The van der Waals surface area contributed by atoms with Gasteiger partial charge in [-0.3, -0.25) is 0 Å². The van der Waals surface area contributed by atoms with Crippen molar-refractivity contribution in [1.82, 2.24) is 9.97 Å². The number of hydrogen-bond donors (Lipinski definition) is 2. The molecule has 0 aliphatic heterocycles. The van der Waals surface area contributed by atoms with Crippen molar-refractivity contribution in [1.29, 1.82) is 5.26 Å². The summed E-state index contributed by atoms with van der Waals surface area (Å²) in [5.74, 6) is 0.456. The van der Waals surface area contributed by atoms with Gasteiger partial charge in [-0.05, 0) is 29.8 Å². The largest absolute Gasteiger partial charge is 0.417 e. The lowest BCUT2D eigenvalue weighted by Gasteiger charge is -2.14. The maximum Gasteiger partial charge on any atom is 0.417 e. The number of aromatic nitrogens is 2. The fourth-order valence-corrected chi connectivity index (χ4v) is 2.98. The van der Waals surface area contributed by atoms with E-state index < -0.39 is 16.8 Å². The highest BCUT2D eigenvalue weighted by molar-refractivity contribution is 6.31. The van der Waals surface area contributed by atoms with Crippen LogP contribution in [0.1, 0.15) is 22.7 Å². The van der Waals surface area contributed by atoms with Gasteiger partial charge in [0.15, 0.2) is 0 Å². The molecule has 3 rings (SSSR count). The molecule has 0 spiro atoms. The molecule has 1 atom stereocenters. The Labute approximate surface area is 170 Å². The molecule has 0 aliphatic carbocycles. The Balaban J connectivity index is 1.74. The van der Waals surface area contributed by atoms with Crippen LogP contribution in [0.5, 0.6) is 0 Å². The number of benzene rings is 2. The Morgan fingerprint density at radius 1 is 1.14 bits per heavy atom. The van der Waals surface area contributed by atoms with Crippen LogP contribution in [0.25, 0.3) is 11.3 Å². The fourth-order valence-electron chi connectivity index (χ4n) is 2.69. The number of rotatable bonds is 5. The monoisotopic (exact) mass is 417 g/mol. The van der Waals surface area contributed by atoms with Gasteiger partial charge in [-0.2, -0.15) is 18.4 Å². The molecule has 0 fully saturated rings. The lowest BCUT2D eigenvalue weighted by molar-refractivity contribution is -0.137. The first-order chi connectivity index (χ1) is 13.8. The standard InChI is InChI=1S/C20H15ClF3N5/c21-16-7-14(4-5-15(16)20(22,23)24)18-8-19(29-11-28-18)27-10-17(26)13-3-1-2-12(6-13)9-25/h1-8,11,17H,10,26H2,(H,27,28,29)/t17-/m1/s1. The van der Waals surface area contributed by atoms with Gasteiger partial charge in [-0.25, -0.2) is 9.97 Å². The van der Waals surface area contributed by atoms with Crippen molar-refractivity contribution in [2.75, 3.05) is 11.9 Å². The highest BCUT2D eigenvalue weighted by Crippen LogP contribution is 2.36. The van der Waals surface area contributed by atoms with Crippen LogP contribution in [0.4, 0.5) is 19.0 Å². The first kappa shape index (κ1) is 20.6. The van der Waals surface area contributed by atoms with Gasteiger partial charge in [0.1, 0.15) is 12.1 Å². The summed E-state index contributed by atoms with van der Waals surface area (Å²) >= 11 is 5.78. The minimum absolute atomic E-state index is 0.332. The summed E-state index contributed by atoms with van der Waals surface area (Å²) in [6.45, 7) is 0.332. The molecule has 1 heterocycles. The number of nitrogens with one attached hydrogen (secondary N) is 1. The zero-order chi connectivity index (χ0) is 21.0. The zero-order valence-corrected chi connectivity index (χ0v) is 15.7. The first-order valence-corrected chi connectivity index (χ1v) is 8.84. The molecule has 0 bridgehead atoms. The van der Waals surface area contributed by atoms with Crippen LogP contribution < -0.4 is 11.1 Å². The third-order valence-corrected chi connectivity index (χ3v) is 4.50. The maximum atomic E-state index is 12.9. The minimum atomic E-state index is -4.52. The summed E-state index contributed by atoms with van der Waals surface area (Å²) in [7, 11) is 0. The SMILES string of the molecule is N#Cc1cccc([C@H](N)CNc2cc(-c3ccc(C(F)(F)F)c(Cl)c3)ncn2)c1. The summed E-state index contributed by atoms with van der Waals surface area (Å²) in [6, 6.07) is 13.7. The molecule has 3 aromatic rings. The molecule has 1 aromatic heterocycles. The molecule has 0 amide bonds. The van der Waals surface area contributed by atoms with Crippen LogP contribution in [0, 0.1) is 11.3 Å². The van der Waals surface area contributed by atoms with E-state index in [1.165, 1.54) is 18.5 Å². The number of nitriles is 1. The van der Waals surface area contributed by atoms with Gasteiger partial charge in [0, 0.05) is 24.2 Å². The van der Waals surface area contributed by atoms with Gasteiger partial charge in [0.25, 0.3) is 0 Å². The molecule has 3 N–H and O–H groups in total. The number of anilines is 1.